The van der Waals surface area contributed by atoms with Crippen molar-refractivity contribution in [3.8, 4) is 0 Å². The lowest BCUT2D eigenvalue weighted by Gasteiger charge is -2.35. The van der Waals surface area contributed by atoms with Crippen LogP contribution in [0.25, 0.3) is 0 Å². The van der Waals surface area contributed by atoms with E-state index in [1.54, 1.807) is 0 Å². The van der Waals surface area contributed by atoms with Crippen LogP contribution in [0.3, 0.4) is 0 Å². The number of amides is 1. The third-order valence-corrected chi connectivity index (χ3v) is 3.06. The molecule has 0 aromatic heterocycles. The van der Waals surface area contributed by atoms with Gasteiger partial charge in [0.15, 0.2) is 0 Å². The summed E-state index contributed by atoms with van der Waals surface area (Å²) in [5.41, 5.74) is 0. The largest absolute Gasteiger partial charge is 0.449 e. The van der Waals surface area contributed by atoms with Crippen LogP contribution in [0.1, 0.15) is 26.7 Å². The summed E-state index contributed by atoms with van der Waals surface area (Å²) in [4.78, 5) is 13.4. The van der Waals surface area contributed by atoms with Gasteiger partial charge >= 0.3 is 6.09 Å². The highest BCUT2D eigenvalue weighted by Gasteiger charge is 2.29. The number of nitrogens with zero attached hydrogens (tertiary/aromatic N) is 1. The Kier molecular flexibility index (Phi) is 4.88. The summed E-state index contributed by atoms with van der Waals surface area (Å²) in [6.45, 7) is 6.57. The molecule has 4 heteroatoms. The van der Waals surface area contributed by atoms with Crippen molar-refractivity contribution in [2.45, 2.75) is 32.7 Å². The minimum Gasteiger partial charge on any atom is -0.449 e. The van der Waals surface area contributed by atoms with Gasteiger partial charge in [0.1, 0.15) is 0 Å². The molecule has 15 heavy (non-hydrogen) atoms. The van der Waals surface area contributed by atoms with Gasteiger partial charge in [0.2, 0.25) is 0 Å². The lowest BCUT2D eigenvalue weighted by molar-refractivity contribution is 0.0264. The molecule has 1 rings (SSSR count). The van der Waals surface area contributed by atoms with E-state index < -0.39 is 0 Å². The molecule has 0 saturated carbocycles. The normalized spacial score (nSPS) is 23.8. The monoisotopic (exact) mass is 214 g/mol. The van der Waals surface area contributed by atoms with Gasteiger partial charge in [-0.2, -0.15) is 0 Å². The first-order chi connectivity index (χ1) is 7.19. The molecule has 0 aliphatic carbocycles. The van der Waals surface area contributed by atoms with Gasteiger partial charge in [-0.1, -0.05) is 6.92 Å². The maximum absolute atomic E-state index is 11.5. The summed E-state index contributed by atoms with van der Waals surface area (Å²) in [7, 11) is 1.95. The molecule has 2 unspecified atom stereocenters. The van der Waals surface area contributed by atoms with Gasteiger partial charge in [0, 0.05) is 18.5 Å². The molecule has 0 aromatic carbocycles. The third kappa shape index (κ3) is 3.38. The highest BCUT2D eigenvalue weighted by atomic mass is 16.6. The Morgan fingerprint density at radius 3 is 3.00 bits per heavy atom. The number of cyclic esters (lactones) is 1. The minimum absolute atomic E-state index is 0.148. The van der Waals surface area contributed by atoms with E-state index in [1.165, 1.54) is 0 Å². The van der Waals surface area contributed by atoms with Crippen LogP contribution >= 0.6 is 0 Å². The summed E-state index contributed by atoms with van der Waals surface area (Å²) in [6, 6.07) is 0.287. The molecule has 2 atom stereocenters. The fourth-order valence-electron chi connectivity index (χ4n) is 1.78. The quantitative estimate of drug-likeness (QED) is 0.753. The minimum atomic E-state index is -0.148. The zero-order valence-corrected chi connectivity index (χ0v) is 9.95. The molecule has 1 heterocycles. The molecule has 1 N–H and O–H groups in total. The first kappa shape index (κ1) is 12.3. The SMILES string of the molecule is CCC(C)N1CC(CCNC)COC1=O. The van der Waals surface area contributed by atoms with E-state index in [-0.39, 0.29) is 12.1 Å². The predicted octanol–water partition coefficient (Wildman–Crippen LogP) is 1.46. The standard InChI is InChI=1S/C11H22N2O2/c1-4-9(2)13-7-10(5-6-12-3)8-15-11(13)14/h9-10,12H,4-8H2,1-3H3. The molecule has 0 bridgehead atoms. The zero-order chi connectivity index (χ0) is 11.3. The second-order valence-corrected chi connectivity index (χ2v) is 4.24. The van der Waals surface area contributed by atoms with Crippen molar-refractivity contribution in [1.29, 1.82) is 0 Å². The van der Waals surface area contributed by atoms with E-state index >= 15 is 0 Å². The van der Waals surface area contributed by atoms with Crippen molar-refractivity contribution < 1.29 is 9.53 Å². The highest BCUT2D eigenvalue weighted by Crippen LogP contribution is 2.17. The number of carbonyl (C=O) groups excluding carboxylic acids is 1. The lowest BCUT2D eigenvalue weighted by Crippen LogP contribution is -2.47. The summed E-state index contributed by atoms with van der Waals surface area (Å²) < 4.78 is 5.18. The first-order valence-corrected chi connectivity index (χ1v) is 5.77. The van der Waals surface area contributed by atoms with E-state index in [0.29, 0.717) is 12.5 Å². The number of hydrogen-bond acceptors (Lipinski definition) is 3. The van der Waals surface area contributed by atoms with Crippen molar-refractivity contribution in [2.75, 3.05) is 26.7 Å². The molecule has 0 radical (unpaired) electrons. The predicted molar refractivity (Wildman–Crippen MR) is 59.8 cm³/mol. The summed E-state index contributed by atoms with van der Waals surface area (Å²) in [5, 5.41) is 3.13. The third-order valence-electron chi connectivity index (χ3n) is 3.06. The van der Waals surface area contributed by atoms with Crippen molar-refractivity contribution >= 4 is 6.09 Å². The second kappa shape index (κ2) is 5.95. The molecule has 1 saturated heterocycles. The van der Waals surface area contributed by atoms with Crippen LogP contribution < -0.4 is 5.32 Å². The number of nitrogens with one attached hydrogen (secondary N) is 1. The fraction of sp³-hybridized carbons (Fsp3) is 0.909. The Bertz CT molecular complexity index is 209. The van der Waals surface area contributed by atoms with Crippen LogP contribution in [0.15, 0.2) is 0 Å². The van der Waals surface area contributed by atoms with Gasteiger partial charge in [0.05, 0.1) is 6.61 Å². The molecule has 4 nitrogen and oxygen atoms in total. The number of hydrogen-bond donors (Lipinski definition) is 1. The molecule has 0 aromatic rings. The summed E-state index contributed by atoms with van der Waals surface area (Å²) in [5.74, 6) is 0.476. The molecule has 1 fully saturated rings. The van der Waals surface area contributed by atoms with Gasteiger partial charge in [-0.25, -0.2) is 4.79 Å². The first-order valence-electron chi connectivity index (χ1n) is 5.77. The van der Waals surface area contributed by atoms with E-state index in [9.17, 15) is 4.79 Å². The van der Waals surface area contributed by atoms with Gasteiger partial charge in [-0.05, 0) is 33.4 Å². The molecule has 1 aliphatic rings. The van der Waals surface area contributed by atoms with Crippen LogP contribution in [0.5, 0.6) is 0 Å². The maximum atomic E-state index is 11.5. The van der Waals surface area contributed by atoms with E-state index in [4.69, 9.17) is 4.74 Å². The molecule has 88 valence electrons. The Balaban J connectivity index is 2.44. The molecular formula is C11H22N2O2. The molecular weight excluding hydrogens is 192 g/mol. The lowest BCUT2D eigenvalue weighted by atomic mass is 10.0. The van der Waals surface area contributed by atoms with Gasteiger partial charge in [-0.3, -0.25) is 0 Å². The number of rotatable bonds is 5. The van der Waals surface area contributed by atoms with Crippen LogP contribution in [-0.2, 0) is 4.74 Å². The summed E-state index contributed by atoms with van der Waals surface area (Å²) >= 11 is 0. The van der Waals surface area contributed by atoms with Crippen LogP contribution in [0, 0.1) is 5.92 Å². The average molecular weight is 214 g/mol. The zero-order valence-electron chi connectivity index (χ0n) is 9.95. The van der Waals surface area contributed by atoms with Crippen LogP contribution in [0.4, 0.5) is 4.79 Å². The summed E-state index contributed by atoms with van der Waals surface area (Å²) in [6.07, 6.45) is 1.90. The van der Waals surface area contributed by atoms with Crippen LogP contribution in [-0.4, -0.2) is 43.8 Å². The maximum Gasteiger partial charge on any atom is 0.410 e. The average Bonchev–Trinajstić information content (AvgIpc) is 2.27. The molecule has 1 amide bonds. The topological polar surface area (TPSA) is 41.6 Å². The molecule has 1 aliphatic heterocycles. The highest BCUT2D eigenvalue weighted by molar-refractivity contribution is 5.68. The van der Waals surface area contributed by atoms with E-state index in [1.807, 2.05) is 11.9 Å². The molecule has 0 spiro atoms. The smallest absolute Gasteiger partial charge is 0.410 e. The van der Waals surface area contributed by atoms with Gasteiger partial charge in [0.25, 0.3) is 0 Å². The van der Waals surface area contributed by atoms with E-state index in [2.05, 4.69) is 19.2 Å². The van der Waals surface area contributed by atoms with Crippen molar-refractivity contribution in [3.63, 3.8) is 0 Å². The van der Waals surface area contributed by atoms with Gasteiger partial charge < -0.3 is 15.0 Å². The Hall–Kier alpha value is -0.770. The van der Waals surface area contributed by atoms with Crippen molar-refractivity contribution in [3.05, 3.63) is 0 Å². The second-order valence-electron chi connectivity index (χ2n) is 4.24. The van der Waals surface area contributed by atoms with Crippen molar-refractivity contribution in [2.24, 2.45) is 5.92 Å². The fourth-order valence-corrected chi connectivity index (χ4v) is 1.78. The number of ether oxygens (including phenoxy) is 1. The van der Waals surface area contributed by atoms with Crippen molar-refractivity contribution in [1.82, 2.24) is 10.2 Å². The Labute approximate surface area is 92.0 Å². The van der Waals surface area contributed by atoms with Gasteiger partial charge in [-0.15, -0.1) is 0 Å². The number of carbonyl (C=O) groups is 1. The van der Waals surface area contributed by atoms with E-state index in [0.717, 1.165) is 25.9 Å². The van der Waals surface area contributed by atoms with Crippen LogP contribution in [0.2, 0.25) is 0 Å². The Morgan fingerprint density at radius 2 is 2.40 bits per heavy atom. The Morgan fingerprint density at radius 1 is 1.67 bits per heavy atom.